The summed E-state index contributed by atoms with van der Waals surface area (Å²) in [5.74, 6) is 0.593. The molecule has 3 nitrogen and oxygen atoms in total. The first kappa shape index (κ1) is 15.8. The molecule has 1 fully saturated rings. The van der Waals surface area contributed by atoms with Crippen LogP contribution in [0.3, 0.4) is 0 Å². The van der Waals surface area contributed by atoms with E-state index < -0.39 is 7.37 Å². The zero-order chi connectivity index (χ0) is 14.6. The fourth-order valence-electron chi connectivity index (χ4n) is 3.05. The monoisotopic (exact) mass is 295 g/mol. The first-order chi connectivity index (χ1) is 9.54. The second-order valence-corrected chi connectivity index (χ2v) is 8.25. The van der Waals surface area contributed by atoms with Crippen LogP contribution < -0.4 is 11.0 Å². The smallest absolute Gasteiger partial charge is 0.229 e. The minimum atomic E-state index is -2.67. The van der Waals surface area contributed by atoms with Gasteiger partial charge in [-0.1, -0.05) is 31.4 Å². The topological polar surface area (TPSA) is 52.3 Å². The fraction of sp³-hybridized carbons (Fsp3) is 0.625. The molecular weight excluding hydrogens is 269 g/mol. The Hall–Kier alpha value is -0.630. The third-order valence-electron chi connectivity index (χ3n) is 4.28. The predicted octanol–water partition coefficient (Wildman–Crippen LogP) is 3.84. The van der Waals surface area contributed by atoms with Crippen LogP contribution in [-0.4, -0.2) is 13.3 Å². The minimum Gasteiger partial charge on any atom is -0.326 e. The van der Waals surface area contributed by atoms with Crippen molar-refractivity contribution in [2.45, 2.75) is 45.1 Å². The second kappa shape index (κ2) is 6.89. The van der Waals surface area contributed by atoms with E-state index in [1.807, 2.05) is 31.2 Å². The zero-order valence-corrected chi connectivity index (χ0v) is 13.4. The van der Waals surface area contributed by atoms with Gasteiger partial charge in [-0.2, -0.15) is 0 Å². The molecule has 112 valence electrons. The highest BCUT2D eigenvalue weighted by molar-refractivity contribution is 7.66. The van der Waals surface area contributed by atoms with Crippen LogP contribution in [0.15, 0.2) is 24.3 Å². The van der Waals surface area contributed by atoms with Gasteiger partial charge in [0, 0.05) is 18.0 Å². The summed E-state index contributed by atoms with van der Waals surface area (Å²) in [5, 5.41) is 0.777. The van der Waals surface area contributed by atoms with Gasteiger partial charge in [0.05, 0.1) is 6.61 Å². The van der Waals surface area contributed by atoms with Gasteiger partial charge in [-0.15, -0.1) is 0 Å². The summed E-state index contributed by atoms with van der Waals surface area (Å²) in [5.41, 5.74) is 7.54. The summed E-state index contributed by atoms with van der Waals surface area (Å²) in [6.07, 6.45) is 6.40. The number of nitrogens with two attached hydrogens (primary N) is 1. The van der Waals surface area contributed by atoms with E-state index in [2.05, 4.69) is 0 Å². The molecule has 20 heavy (non-hydrogen) atoms. The maximum Gasteiger partial charge on any atom is 0.229 e. The highest BCUT2D eigenvalue weighted by Gasteiger charge is 2.23. The van der Waals surface area contributed by atoms with E-state index in [4.69, 9.17) is 10.3 Å². The second-order valence-electron chi connectivity index (χ2n) is 5.78. The van der Waals surface area contributed by atoms with Crippen molar-refractivity contribution in [2.24, 2.45) is 11.7 Å². The molecule has 0 aliphatic heterocycles. The maximum atomic E-state index is 12.3. The molecule has 2 rings (SSSR count). The Kier molecular flexibility index (Phi) is 5.42. The molecule has 4 heteroatoms. The quantitative estimate of drug-likeness (QED) is 0.840. The van der Waals surface area contributed by atoms with Crippen molar-refractivity contribution in [3.05, 3.63) is 29.8 Å². The Morgan fingerprint density at radius 3 is 2.40 bits per heavy atom. The Balaban J connectivity index is 2.09. The largest absolute Gasteiger partial charge is 0.326 e. The van der Waals surface area contributed by atoms with Crippen molar-refractivity contribution in [1.82, 2.24) is 0 Å². The molecule has 1 aromatic carbocycles. The van der Waals surface area contributed by atoms with E-state index in [1.165, 1.54) is 32.1 Å². The van der Waals surface area contributed by atoms with Crippen molar-refractivity contribution in [2.75, 3.05) is 13.3 Å². The summed E-state index contributed by atoms with van der Waals surface area (Å²) in [6.45, 7) is 4.01. The summed E-state index contributed by atoms with van der Waals surface area (Å²) in [4.78, 5) is 0. The molecule has 0 bridgehead atoms. The van der Waals surface area contributed by atoms with Gasteiger partial charge in [0.2, 0.25) is 7.37 Å². The minimum absolute atomic E-state index is 0.104. The van der Waals surface area contributed by atoms with Crippen molar-refractivity contribution in [3.63, 3.8) is 0 Å². The van der Waals surface area contributed by atoms with Gasteiger partial charge in [0.25, 0.3) is 0 Å². The molecule has 2 unspecified atom stereocenters. The molecule has 0 heterocycles. The van der Waals surface area contributed by atoms with Gasteiger partial charge in [-0.3, -0.25) is 4.57 Å². The SMILES string of the molecule is CCOP(C)(=O)c1ccc(C(N)C2CCCCC2)cc1. The van der Waals surface area contributed by atoms with E-state index in [0.29, 0.717) is 12.5 Å². The molecule has 1 aliphatic carbocycles. The van der Waals surface area contributed by atoms with E-state index in [0.717, 1.165) is 10.9 Å². The molecule has 1 saturated carbocycles. The molecule has 1 aliphatic rings. The Bertz CT molecular complexity index is 466. The predicted molar refractivity (Wildman–Crippen MR) is 84.7 cm³/mol. The summed E-state index contributed by atoms with van der Waals surface area (Å²) < 4.78 is 17.7. The van der Waals surface area contributed by atoms with Gasteiger partial charge < -0.3 is 10.3 Å². The van der Waals surface area contributed by atoms with Gasteiger partial charge in [-0.05, 0) is 43.4 Å². The molecule has 0 spiro atoms. The summed E-state index contributed by atoms with van der Waals surface area (Å²) in [7, 11) is -2.67. The molecule has 0 amide bonds. The van der Waals surface area contributed by atoms with Crippen molar-refractivity contribution in [3.8, 4) is 0 Å². The maximum absolute atomic E-state index is 12.3. The number of rotatable bonds is 5. The lowest BCUT2D eigenvalue weighted by Gasteiger charge is -2.28. The lowest BCUT2D eigenvalue weighted by Crippen LogP contribution is -2.23. The lowest BCUT2D eigenvalue weighted by atomic mass is 9.81. The number of benzene rings is 1. The Morgan fingerprint density at radius 2 is 1.85 bits per heavy atom. The third kappa shape index (κ3) is 3.72. The lowest BCUT2D eigenvalue weighted by molar-refractivity contribution is 0.308. The molecule has 2 N–H and O–H groups in total. The fourth-order valence-corrected chi connectivity index (χ4v) is 4.39. The van der Waals surface area contributed by atoms with Crippen LogP contribution in [0.2, 0.25) is 0 Å². The van der Waals surface area contributed by atoms with E-state index in [-0.39, 0.29) is 6.04 Å². The normalized spacial score (nSPS) is 21.4. The van der Waals surface area contributed by atoms with E-state index >= 15 is 0 Å². The number of hydrogen-bond donors (Lipinski definition) is 1. The van der Waals surface area contributed by atoms with Crippen molar-refractivity contribution < 1.29 is 9.09 Å². The van der Waals surface area contributed by atoms with Crippen LogP contribution in [0, 0.1) is 5.92 Å². The van der Waals surface area contributed by atoms with Crippen molar-refractivity contribution in [1.29, 1.82) is 0 Å². The molecular formula is C16H26NO2P. The van der Waals surface area contributed by atoms with Gasteiger partial charge in [0.15, 0.2) is 0 Å². The average molecular weight is 295 g/mol. The van der Waals surface area contributed by atoms with Gasteiger partial charge >= 0.3 is 0 Å². The van der Waals surface area contributed by atoms with Crippen molar-refractivity contribution >= 4 is 12.7 Å². The zero-order valence-electron chi connectivity index (χ0n) is 12.5. The van der Waals surface area contributed by atoms with Crippen LogP contribution in [0.5, 0.6) is 0 Å². The molecule has 2 atom stereocenters. The Morgan fingerprint density at radius 1 is 1.25 bits per heavy atom. The summed E-state index contributed by atoms with van der Waals surface area (Å²) in [6, 6.07) is 7.96. The molecule has 0 saturated heterocycles. The Labute approximate surface area is 122 Å². The highest BCUT2D eigenvalue weighted by Crippen LogP contribution is 2.41. The third-order valence-corrected chi connectivity index (χ3v) is 6.27. The van der Waals surface area contributed by atoms with Gasteiger partial charge in [0.1, 0.15) is 0 Å². The van der Waals surface area contributed by atoms with Crippen LogP contribution >= 0.6 is 7.37 Å². The van der Waals surface area contributed by atoms with Gasteiger partial charge in [-0.25, -0.2) is 0 Å². The van der Waals surface area contributed by atoms with Crippen LogP contribution in [0.25, 0.3) is 0 Å². The van der Waals surface area contributed by atoms with E-state index in [9.17, 15) is 4.57 Å². The van der Waals surface area contributed by atoms with Crippen LogP contribution in [0.1, 0.15) is 50.6 Å². The van der Waals surface area contributed by atoms with Crippen LogP contribution in [-0.2, 0) is 9.09 Å². The molecule has 0 aromatic heterocycles. The molecule has 0 radical (unpaired) electrons. The van der Waals surface area contributed by atoms with Crippen LogP contribution in [0.4, 0.5) is 0 Å². The van der Waals surface area contributed by atoms with E-state index in [1.54, 1.807) is 6.66 Å². The standard InChI is InChI=1S/C16H26NO2P/c1-3-19-20(2,18)15-11-9-14(10-12-15)16(17)13-7-5-4-6-8-13/h9-13,16H,3-8,17H2,1-2H3. The number of hydrogen-bond acceptors (Lipinski definition) is 3. The average Bonchev–Trinajstić information content (AvgIpc) is 2.47. The first-order valence-corrected chi connectivity index (χ1v) is 9.70. The summed E-state index contributed by atoms with van der Waals surface area (Å²) >= 11 is 0. The molecule has 1 aromatic rings. The highest BCUT2D eigenvalue weighted by atomic mass is 31.2. The first-order valence-electron chi connectivity index (χ1n) is 7.62.